The van der Waals surface area contributed by atoms with E-state index in [2.05, 4.69) is 22.0 Å². The number of nitrogens with zero attached hydrogens (tertiary/aromatic N) is 3. The summed E-state index contributed by atoms with van der Waals surface area (Å²) in [5.74, 6) is 1.08. The molecule has 2 saturated heterocycles. The Morgan fingerprint density at radius 3 is 2.46 bits per heavy atom. The zero-order chi connectivity index (χ0) is 17.7. The molecule has 1 N–H and O–H groups in total. The molecule has 2 rings (SSSR count). The number of likely N-dealkylation sites (tertiary alicyclic amines) is 2. The third-order valence-corrected chi connectivity index (χ3v) is 5.05. The number of nitrogens with one attached hydrogen (secondary N) is 1. The maximum atomic E-state index is 5.96. The summed E-state index contributed by atoms with van der Waals surface area (Å²) in [6.45, 7) is 11.2. The van der Waals surface area contributed by atoms with Gasteiger partial charge in [0.05, 0.1) is 12.6 Å². The van der Waals surface area contributed by atoms with E-state index < -0.39 is 0 Å². The first-order valence-corrected chi connectivity index (χ1v) is 10.2. The van der Waals surface area contributed by atoms with Gasteiger partial charge in [-0.15, -0.1) is 24.0 Å². The standard InChI is InChI=1S/C19H38N4O2.HI/c1-3-20-19(21-10-15-22-11-5-4-6-12-22)23-13-8-18(9-14-23)25-17-7-16-24-2;/h18H,3-17H2,1-2H3,(H,20,21);1H. The molecule has 0 aromatic heterocycles. The summed E-state index contributed by atoms with van der Waals surface area (Å²) < 4.78 is 11.0. The van der Waals surface area contributed by atoms with Gasteiger partial charge in [0, 0.05) is 46.5 Å². The lowest BCUT2D eigenvalue weighted by Gasteiger charge is -2.34. The first-order chi connectivity index (χ1) is 12.3. The quantitative estimate of drug-likeness (QED) is 0.237. The summed E-state index contributed by atoms with van der Waals surface area (Å²) in [6, 6.07) is 0. The summed E-state index contributed by atoms with van der Waals surface area (Å²) in [4.78, 5) is 9.82. The molecule has 0 aromatic rings. The number of methoxy groups -OCH3 is 1. The molecule has 0 atom stereocenters. The third-order valence-electron chi connectivity index (χ3n) is 5.05. The van der Waals surface area contributed by atoms with Crippen molar-refractivity contribution in [3.63, 3.8) is 0 Å². The monoisotopic (exact) mass is 482 g/mol. The fourth-order valence-corrected chi connectivity index (χ4v) is 3.59. The van der Waals surface area contributed by atoms with E-state index in [1.54, 1.807) is 7.11 Å². The molecule has 2 aliphatic heterocycles. The van der Waals surface area contributed by atoms with Crippen molar-refractivity contribution in [2.45, 2.75) is 51.6 Å². The van der Waals surface area contributed by atoms with Gasteiger partial charge in [-0.3, -0.25) is 4.99 Å². The van der Waals surface area contributed by atoms with E-state index in [9.17, 15) is 0 Å². The SMILES string of the molecule is CCNC(=NCCN1CCCCC1)N1CCC(OCCCOC)CC1.I. The van der Waals surface area contributed by atoms with Crippen LogP contribution in [-0.2, 0) is 9.47 Å². The molecule has 2 heterocycles. The molecule has 0 aliphatic carbocycles. The summed E-state index contributed by atoms with van der Waals surface area (Å²) in [5, 5.41) is 3.46. The minimum Gasteiger partial charge on any atom is -0.385 e. The van der Waals surface area contributed by atoms with Crippen LogP contribution in [0.5, 0.6) is 0 Å². The Labute approximate surface area is 177 Å². The Morgan fingerprint density at radius 1 is 1.08 bits per heavy atom. The second kappa shape index (κ2) is 14.9. The molecule has 7 heteroatoms. The van der Waals surface area contributed by atoms with E-state index in [0.717, 1.165) is 71.2 Å². The molecule has 26 heavy (non-hydrogen) atoms. The molecule has 0 saturated carbocycles. The highest BCUT2D eigenvalue weighted by molar-refractivity contribution is 14.0. The highest BCUT2D eigenvalue weighted by Crippen LogP contribution is 2.14. The van der Waals surface area contributed by atoms with Crippen LogP contribution < -0.4 is 5.32 Å². The summed E-state index contributed by atoms with van der Waals surface area (Å²) >= 11 is 0. The summed E-state index contributed by atoms with van der Waals surface area (Å²) in [6.07, 6.45) is 7.64. The van der Waals surface area contributed by atoms with Crippen molar-refractivity contribution in [3.05, 3.63) is 0 Å². The fraction of sp³-hybridized carbons (Fsp3) is 0.947. The van der Waals surface area contributed by atoms with Gasteiger partial charge < -0.3 is 24.6 Å². The number of guanidine groups is 1. The van der Waals surface area contributed by atoms with Crippen molar-refractivity contribution < 1.29 is 9.47 Å². The zero-order valence-electron chi connectivity index (χ0n) is 16.8. The minimum absolute atomic E-state index is 0. The van der Waals surface area contributed by atoms with Crippen LogP contribution >= 0.6 is 24.0 Å². The summed E-state index contributed by atoms with van der Waals surface area (Å²) in [7, 11) is 1.74. The lowest BCUT2D eigenvalue weighted by atomic mass is 10.1. The molecular weight excluding hydrogens is 443 g/mol. The van der Waals surface area contributed by atoms with Crippen LogP contribution in [0, 0.1) is 0 Å². The van der Waals surface area contributed by atoms with Gasteiger partial charge in [-0.2, -0.15) is 0 Å². The molecule has 0 bridgehead atoms. The first kappa shape index (κ1) is 23.9. The van der Waals surface area contributed by atoms with Gasteiger partial charge >= 0.3 is 0 Å². The second-order valence-corrected chi connectivity index (χ2v) is 7.04. The predicted molar refractivity (Wildman–Crippen MR) is 119 cm³/mol. The molecule has 0 radical (unpaired) electrons. The van der Waals surface area contributed by atoms with Gasteiger partial charge in [0.2, 0.25) is 0 Å². The normalized spacial score (nSPS) is 20.1. The van der Waals surface area contributed by atoms with E-state index in [1.807, 2.05) is 0 Å². The molecule has 0 unspecified atom stereocenters. The van der Waals surface area contributed by atoms with Crippen LogP contribution in [-0.4, -0.2) is 88.0 Å². The molecule has 0 aromatic carbocycles. The Morgan fingerprint density at radius 2 is 1.81 bits per heavy atom. The molecule has 2 fully saturated rings. The van der Waals surface area contributed by atoms with Crippen molar-refractivity contribution in [2.75, 3.05) is 66.1 Å². The lowest BCUT2D eigenvalue weighted by molar-refractivity contribution is 0.00990. The molecule has 2 aliphatic rings. The predicted octanol–water partition coefficient (Wildman–Crippen LogP) is 2.57. The van der Waals surface area contributed by atoms with Crippen LogP contribution in [0.4, 0.5) is 0 Å². The van der Waals surface area contributed by atoms with E-state index in [4.69, 9.17) is 14.5 Å². The Balaban J connectivity index is 0.00000338. The first-order valence-electron chi connectivity index (χ1n) is 10.2. The number of piperidine rings is 2. The molecule has 154 valence electrons. The van der Waals surface area contributed by atoms with E-state index in [1.165, 1.54) is 32.4 Å². The van der Waals surface area contributed by atoms with Crippen LogP contribution in [0.15, 0.2) is 4.99 Å². The van der Waals surface area contributed by atoms with E-state index in [-0.39, 0.29) is 24.0 Å². The van der Waals surface area contributed by atoms with Gasteiger partial charge in [-0.25, -0.2) is 0 Å². The van der Waals surface area contributed by atoms with Crippen molar-refractivity contribution in [1.29, 1.82) is 0 Å². The number of hydrogen-bond donors (Lipinski definition) is 1. The van der Waals surface area contributed by atoms with Gasteiger partial charge in [-0.05, 0) is 52.1 Å². The average Bonchev–Trinajstić information content (AvgIpc) is 2.66. The maximum Gasteiger partial charge on any atom is 0.193 e. The molecule has 0 spiro atoms. The van der Waals surface area contributed by atoms with Crippen molar-refractivity contribution in [3.8, 4) is 0 Å². The zero-order valence-corrected chi connectivity index (χ0v) is 19.1. The van der Waals surface area contributed by atoms with Gasteiger partial charge in [0.1, 0.15) is 0 Å². The molecule has 0 amide bonds. The second-order valence-electron chi connectivity index (χ2n) is 7.04. The van der Waals surface area contributed by atoms with Crippen LogP contribution in [0.3, 0.4) is 0 Å². The number of ether oxygens (including phenoxy) is 2. The number of halogens is 1. The molecule has 6 nitrogen and oxygen atoms in total. The Bertz CT molecular complexity index is 371. The Kier molecular flexibility index (Phi) is 13.7. The smallest absolute Gasteiger partial charge is 0.193 e. The third kappa shape index (κ3) is 9.19. The largest absolute Gasteiger partial charge is 0.385 e. The fourth-order valence-electron chi connectivity index (χ4n) is 3.59. The van der Waals surface area contributed by atoms with Gasteiger partial charge in [0.25, 0.3) is 0 Å². The average molecular weight is 482 g/mol. The topological polar surface area (TPSA) is 49.3 Å². The van der Waals surface area contributed by atoms with Gasteiger partial charge in [-0.1, -0.05) is 6.42 Å². The minimum atomic E-state index is 0. The van der Waals surface area contributed by atoms with Crippen molar-refractivity contribution in [1.82, 2.24) is 15.1 Å². The van der Waals surface area contributed by atoms with Gasteiger partial charge in [0.15, 0.2) is 5.96 Å². The highest BCUT2D eigenvalue weighted by atomic mass is 127. The number of aliphatic imine (C=N–C) groups is 1. The number of rotatable bonds is 9. The number of hydrogen-bond acceptors (Lipinski definition) is 4. The maximum absolute atomic E-state index is 5.96. The highest BCUT2D eigenvalue weighted by Gasteiger charge is 2.21. The van der Waals surface area contributed by atoms with E-state index in [0.29, 0.717) is 6.10 Å². The summed E-state index contributed by atoms with van der Waals surface area (Å²) in [5.41, 5.74) is 0. The van der Waals surface area contributed by atoms with Crippen molar-refractivity contribution in [2.24, 2.45) is 4.99 Å². The van der Waals surface area contributed by atoms with Crippen molar-refractivity contribution >= 4 is 29.9 Å². The van der Waals surface area contributed by atoms with Crippen LogP contribution in [0.25, 0.3) is 0 Å². The van der Waals surface area contributed by atoms with Crippen LogP contribution in [0.2, 0.25) is 0 Å². The Hall–Kier alpha value is -0.120. The lowest BCUT2D eigenvalue weighted by Crippen LogP contribution is -2.47. The molecular formula is C19H39IN4O2. The van der Waals surface area contributed by atoms with E-state index >= 15 is 0 Å². The van der Waals surface area contributed by atoms with Crippen LogP contribution in [0.1, 0.15) is 45.4 Å².